The van der Waals surface area contributed by atoms with E-state index in [1.165, 1.54) is 11.5 Å². The Morgan fingerprint density at radius 2 is 1.87 bits per heavy atom. The first-order valence-electron chi connectivity index (χ1n) is 7.66. The minimum absolute atomic E-state index is 0.0708. The lowest BCUT2D eigenvalue weighted by Gasteiger charge is -2.35. The van der Waals surface area contributed by atoms with Crippen LogP contribution in [0.4, 0.5) is 16.6 Å². The van der Waals surface area contributed by atoms with Gasteiger partial charge >= 0.3 is 0 Å². The molecule has 2 aromatic heterocycles. The van der Waals surface area contributed by atoms with Crippen LogP contribution in [0.5, 0.6) is 0 Å². The second-order valence-electron chi connectivity index (χ2n) is 5.73. The molecule has 9 heteroatoms. The van der Waals surface area contributed by atoms with E-state index in [4.69, 9.17) is 10.5 Å². The molecule has 1 saturated heterocycles. The van der Waals surface area contributed by atoms with Gasteiger partial charge in [-0.3, -0.25) is 4.68 Å². The van der Waals surface area contributed by atoms with Gasteiger partial charge in [0.1, 0.15) is 6.10 Å². The van der Waals surface area contributed by atoms with Gasteiger partial charge in [0, 0.05) is 51.9 Å². The van der Waals surface area contributed by atoms with E-state index in [1.807, 2.05) is 25.6 Å². The van der Waals surface area contributed by atoms with E-state index in [-0.39, 0.29) is 6.10 Å². The molecule has 1 aliphatic heterocycles. The van der Waals surface area contributed by atoms with Gasteiger partial charge in [0.05, 0.1) is 11.4 Å². The molecule has 126 valence electrons. The monoisotopic (exact) mass is 337 g/mol. The van der Waals surface area contributed by atoms with Gasteiger partial charge in [-0.2, -0.15) is 9.47 Å². The smallest absolute Gasteiger partial charge is 0.205 e. The average Bonchev–Trinajstić information content (AvgIpc) is 3.13. The molecule has 1 fully saturated rings. The number of aryl methyl sites for hydroxylation is 2. The topological polar surface area (TPSA) is 85.3 Å². The standard InChI is InChI=1S/C14H23N7OS/c1-9-11(15)13(19(3)17-9)20-5-7-21(8-6-20)14-16-12(18-23-14)10(2)22-4/h10H,5-8,15H2,1-4H3/t10-/m1/s1. The molecule has 2 aromatic rings. The summed E-state index contributed by atoms with van der Waals surface area (Å²) in [5.41, 5.74) is 7.81. The molecule has 0 saturated carbocycles. The number of ether oxygens (including phenoxy) is 1. The molecule has 2 N–H and O–H groups in total. The van der Waals surface area contributed by atoms with Crippen molar-refractivity contribution in [1.82, 2.24) is 19.1 Å². The minimum Gasteiger partial charge on any atom is -0.394 e. The number of rotatable bonds is 4. The van der Waals surface area contributed by atoms with Crippen molar-refractivity contribution in [1.29, 1.82) is 0 Å². The second-order valence-corrected chi connectivity index (χ2v) is 6.46. The second kappa shape index (κ2) is 6.32. The molecule has 0 spiro atoms. The van der Waals surface area contributed by atoms with Crippen LogP contribution >= 0.6 is 11.5 Å². The summed E-state index contributed by atoms with van der Waals surface area (Å²) < 4.78 is 11.5. The van der Waals surface area contributed by atoms with Crippen molar-refractivity contribution in [2.24, 2.45) is 7.05 Å². The number of hydrogen-bond acceptors (Lipinski definition) is 8. The van der Waals surface area contributed by atoms with Crippen LogP contribution in [-0.2, 0) is 11.8 Å². The van der Waals surface area contributed by atoms with E-state index >= 15 is 0 Å². The van der Waals surface area contributed by atoms with Crippen molar-refractivity contribution in [3.05, 3.63) is 11.5 Å². The third-order valence-corrected chi connectivity index (χ3v) is 5.03. The van der Waals surface area contributed by atoms with Gasteiger partial charge in [0.2, 0.25) is 5.13 Å². The summed E-state index contributed by atoms with van der Waals surface area (Å²) >= 11 is 1.43. The Labute approximate surface area is 140 Å². The van der Waals surface area contributed by atoms with Crippen molar-refractivity contribution in [2.75, 3.05) is 48.8 Å². The molecule has 1 aliphatic rings. The molecular formula is C14H23N7OS. The fourth-order valence-electron chi connectivity index (χ4n) is 2.77. The molecule has 0 aliphatic carbocycles. The summed E-state index contributed by atoms with van der Waals surface area (Å²) in [5.74, 6) is 1.76. The lowest BCUT2D eigenvalue weighted by molar-refractivity contribution is 0.113. The molecule has 1 atom stereocenters. The SMILES string of the molecule is CO[C@H](C)c1nsc(N2CCN(c3c(N)c(C)nn3C)CC2)n1. The summed E-state index contributed by atoms with van der Waals surface area (Å²) in [6, 6.07) is 0. The first-order chi connectivity index (χ1) is 11.0. The summed E-state index contributed by atoms with van der Waals surface area (Å²) in [6.07, 6.45) is -0.0708. The lowest BCUT2D eigenvalue weighted by atomic mass is 10.3. The highest BCUT2D eigenvalue weighted by molar-refractivity contribution is 7.09. The molecule has 8 nitrogen and oxygen atoms in total. The van der Waals surface area contributed by atoms with Gasteiger partial charge in [-0.05, 0) is 13.8 Å². The van der Waals surface area contributed by atoms with Crippen molar-refractivity contribution in [2.45, 2.75) is 20.0 Å². The molecule has 0 bridgehead atoms. The van der Waals surface area contributed by atoms with Gasteiger partial charge in [-0.15, -0.1) is 0 Å². The Balaban J connectivity index is 1.67. The number of nitrogens with two attached hydrogens (primary N) is 1. The average molecular weight is 337 g/mol. The predicted octanol–water partition coefficient (Wildman–Crippen LogP) is 1.20. The Bertz CT molecular complexity index is 675. The number of hydrogen-bond donors (Lipinski definition) is 1. The van der Waals surface area contributed by atoms with Gasteiger partial charge in [-0.1, -0.05) is 0 Å². The van der Waals surface area contributed by atoms with Crippen LogP contribution in [0.2, 0.25) is 0 Å². The van der Waals surface area contributed by atoms with Gasteiger partial charge in [-0.25, -0.2) is 4.98 Å². The maximum Gasteiger partial charge on any atom is 0.205 e. The highest BCUT2D eigenvalue weighted by Gasteiger charge is 2.25. The van der Waals surface area contributed by atoms with Crippen molar-refractivity contribution < 1.29 is 4.74 Å². The normalized spacial score (nSPS) is 16.9. The van der Waals surface area contributed by atoms with E-state index in [9.17, 15) is 0 Å². The Kier molecular flexibility index (Phi) is 4.40. The Morgan fingerprint density at radius 3 is 2.43 bits per heavy atom. The van der Waals surface area contributed by atoms with E-state index < -0.39 is 0 Å². The van der Waals surface area contributed by atoms with E-state index in [0.29, 0.717) is 0 Å². The predicted molar refractivity (Wildman–Crippen MR) is 92.1 cm³/mol. The number of nitrogens with zero attached hydrogens (tertiary/aromatic N) is 6. The zero-order valence-corrected chi connectivity index (χ0v) is 14.8. The van der Waals surface area contributed by atoms with Gasteiger partial charge in [0.25, 0.3) is 0 Å². The summed E-state index contributed by atoms with van der Waals surface area (Å²) in [6.45, 7) is 7.45. The zero-order valence-electron chi connectivity index (χ0n) is 14.0. The molecule has 3 rings (SSSR count). The fourth-order valence-corrected chi connectivity index (χ4v) is 3.57. The molecule has 23 heavy (non-hydrogen) atoms. The number of anilines is 3. The maximum atomic E-state index is 6.16. The van der Waals surface area contributed by atoms with E-state index in [1.54, 1.807) is 7.11 Å². The van der Waals surface area contributed by atoms with Gasteiger partial charge in [0.15, 0.2) is 11.6 Å². The van der Waals surface area contributed by atoms with Crippen LogP contribution in [0.3, 0.4) is 0 Å². The first-order valence-corrected chi connectivity index (χ1v) is 8.44. The highest BCUT2D eigenvalue weighted by Crippen LogP contribution is 2.28. The van der Waals surface area contributed by atoms with Crippen molar-refractivity contribution in [3.63, 3.8) is 0 Å². The fraction of sp³-hybridized carbons (Fsp3) is 0.643. The maximum absolute atomic E-state index is 6.16. The lowest BCUT2D eigenvalue weighted by Crippen LogP contribution is -2.47. The van der Waals surface area contributed by atoms with Crippen LogP contribution in [0, 0.1) is 6.92 Å². The molecule has 0 unspecified atom stereocenters. The summed E-state index contributed by atoms with van der Waals surface area (Å²) in [5, 5.41) is 5.35. The first kappa shape index (κ1) is 16.0. The third kappa shape index (κ3) is 2.98. The molecule has 3 heterocycles. The van der Waals surface area contributed by atoms with E-state index in [2.05, 4.69) is 24.3 Å². The summed E-state index contributed by atoms with van der Waals surface area (Å²) in [7, 11) is 3.61. The molecule has 0 radical (unpaired) electrons. The highest BCUT2D eigenvalue weighted by atomic mass is 32.1. The number of nitrogen functional groups attached to an aromatic ring is 1. The third-order valence-electron chi connectivity index (χ3n) is 4.24. The molecule has 0 amide bonds. The van der Waals surface area contributed by atoms with Crippen molar-refractivity contribution in [3.8, 4) is 0 Å². The van der Waals surface area contributed by atoms with Crippen LogP contribution in [0.15, 0.2) is 0 Å². The van der Waals surface area contributed by atoms with E-state index in [0.717, 1.165) is 54.3 Å². The van der Waals surface area contributed by atoms with Crippen LogP contribution in [-0.4, -0.2) is 52.4 Å². The zero-order chi connectivity index (χ0) is 16.6. The van der Waals surface area contributed by atoms with Crippen LogP contribution in [0.1, 0.15) is 24.5 Å². The largest absolute Gasteiger partial charge is 0.394 e. The Morgan fingerprint density at radius 1 is 1.22 bits per heavy atom. The van der Waals surface area contributed by atoms with Crippen LogP contribution in [0.25, 0.3) is 0 Å². The van der Waals surface area contributed by atoms with Crippen molar-refractivity contribution >= 4 is 28.2 Å². The Hall–Kier alpha value is -1.87. The molecular weight excluding hydrogens is 314 g/mol. The summed E-state index contributed by atoms with van der Waals surface area (Å²) in [4.78, 5) is 9.14. The quantitative estimate of drug-likeness (QED) is 0.897. The number of methoxy groups -OCH3 is 1. The number of piperazine rings is 1. The molecule has 0 aromatic carbocycles. The van der Waals surface area contributed by atoms with Gasteiger partial charge < -0.3 is 20.3 Å². The van der Waals surface area contributed by atoms with Crippen LogP contribution < -0.4 is 15.5 Å². The number of aromatic nitrogens is 4. The minimum atomic E-state index is -0.0708.